The van der Waals surface area contributed by atoms with Gasteiger partial charge in [-0.3, -0.25) is 14.5 Å². The number of likely N-dealkylation sites (N-methyl/N-ethyl adjacent to an activating group) is 1. The summed E-state index contributed by atoms with van der Waals surface area (Å²) >= 11 is 3.39. The summed E-state index contributed by atoms with van der Waals surface area (Å²) in [4.78, 5) is 25.6. The fraction of sp³-hybridized carbons (Fsp3) is 0.294. The van der Waals surface area contributed by atoms with Gasteiger partial charge in [-0.25, -0.2) is 0 Å². The first kappa shape index (κ1) is 18.2. The van der Waals surface area contributed by atoms with Crippen LogP contribution in [0.1, 0.15) is 11.3 Å². The van der Waals surface area contributed by atoms with Crippen molar-refractivity contribution in [1.29, 1.82) is 0 Å². The Hall–Kier alpha value is -2.12. The standard InChI is InChI=1S/C17H20BrN3O3/c1-12-8-13(18)5-6-15(12)20-17(23)11-21(2)10-16(22)19-9-14-4-3-7-24-14/h3-8H,9-11H2,1-2H3,(H,19,22)(H,20,23). The van der Waals surface area contributed by atoms with Gasteiger partial charge in [-0.1, -0.05) is 15.9 Å². The lowest BCUT2D eigenvalue weighted by Crippen LogP contribution is -2.38. The number of carbonyl (C=O) groups is 2. The predicted molar refractivity (Wildman–Crippen MR) is 95.6 cm³/mol. The number of aryl methyl sites for hydroxylation is 1. The van der Waals surface area contributed by atoms with Gasteiger partial charge in [0.1, 0.15) is 5.76 Å². The molecule has 0 saturated carbocycles. The summed E-state index contributed by atoms with van der Waals surface area (Å²) in [6.45, 7) is 2.52. The number of halogens is 1. The van der Waals surface area contributed by atoms with Crippen LogP contribution in [0.5, 0.6) is 0 Å². The molecule has 6 nitrogen and oxygen atoms in total. The highest BCUT2D eigenvalue weighted by Gasteiger charge is 2.12. The number of furan rings is 1. The molecule has 0 aliphatic rings. The molecule has 7 heteroatoms. The van der Waals surface area contributed by atoms with E-state index in [1.165, 1.54) is 0 Å². The van der Waals surface area contributed by atoms with Gasteiger partial charge in [0.25, 0.3) is 0 Å². The number of hydrogen-bond donors (Lipinski definition) is 2. The van der Waals surface area contributed by atoms with Crippen molar-refractivity contribution >= 4 is 33.4 Å². The summed E-state index contributed by atoms with van der Waals surface area (Å²) in [5.74, 6) is 0.359. The highest BCUT2D eigenvalue weighted by atomic mass is 79.9. The van der Waals surface area contributed by atoms with E-state index in [2.05, 4.69) is 26.6 Å². The summed E-state index contributed by atoms with van der Waals surface area (Å²) in [5, 5.41) is 5.59. The normalized spacial score (nSPS) is 10.7. The monoisotopic (exact) mass is 393 g/mol. The third-order valence-electron chi connectivity index (χ3n) is 3.33. The van der Waals surface area contributed by atoms with Crippen molar-refractivity contribution in [3.05, 3.63) is 52.4 Å². The Balaban J connectivity index is 1.75. The van der Waals surface area contributed by atoms with Gasteiger partial charge >= 0.3 is 0 Å². The van der Waals surface area contributed by atoms with Gasteiger partial charge in [0.15, 0.2) is 0 Å². The Labute approximate surface area is 149 Å². The Morgan fingerprint density at radius 3 is 2.62 bits per heavy atom. The minimum atomic E-state index is -0.165. The van der Waals surface area contributed by atoms with E-state index in [9.17, 15) is 9.59 Å². The van der Waals surface area contributed by atoms with E-state index in [0.717, 1.165) is 15.7 Å². The fourth-order valence-electron chi connectivity index (χ4n) is 2.16. The molecule has 24 heavy (non-hydrogen) atoms. The number of rotatable bonds is 7. The maximum Gasteiger partial charge on any atom is 0.238 e. The maximum absolute atomic E-state index is 12.1. The van der Waals surface area contributed by atoms with Crippen molar-refractivity contribution in [3.8, 4) is 0 Å². The average Bonchev–Trinajstić information content (AvgIpc) is 3.01. The zero-order chi connectivity index (χ0) is 17.5. The SMILES string of the molecule is Cc1cc(Br)ccc1NC(=O)CN(C)CC(=O)NCc1ccco1. The molecule has 0 unspecified atom stereocenters. The van der Waals surface area contributed by atoms with Crippen LogP contribution >= 0.6 is 15.9 Å². The topological polar surface area (TPSA) is 74.6 Å². The highest BCUT2D eigenvalue weighted by molar-refractivity contribution is 9.10. The van der Waals surface area contributed by atoms with E-state index in [1.807, 2.05) is 25.1 Å². The zero-order valence-electron chi connectivity index (χ0n) is 13.6. The lowest BCUT2D eigenvalue weighted by Gasteiger charge is -2.16. The smallest absolute Gasteiger partial charge is 0.238 e. The van der Waals surface area contributed by atoms with E-state index >= 15 is 0 Å². The Kier molecular flexibility index (Phi) is 6.57. The molecule has 128 valence electrons. The maximum atomic E-state index is 12.1. The quantitative estimate of drug-likeness (QED) is 0.757. The number of carbonyl (C=O) groups excluding carboxylic acids is 2. The highest BCUT2D eigenvalue weighted by Crippen LogP contribution is 2.19. The third kappa shape index (κ3) is 5.82. The van der Waals surface area contributed by atoms with Gasteiger partial charge in [-0.05, 0) is 49.9 Å². The van der Waals surface area contributed by atoms with Crippen molar-refractivity contribution in [1.82, 2.24) is 10.2 Å². The van der Waals surface area contributed by atoms with E-state index in [4.69, 9.17) is 4.42 Å². The largest absolute Gasteiger partial charge is 0.467 e. The summed E-state index contributed by atoms with van der Waals surface area (Å²) in [6, 6.07) is 9.20. The molecule has 0 spiro atoms. The molecule has 0 bridgehead atoms. The van der Waals surface area contributed by atoms with Crippen LogP contribution in [0, 0.1) is 6.92 Å². The van der Waals surface area contributed by atoms with Crippen LogP contribution in [-0.4, -0.2) is 36.9 Å². The minimum absolute atomic E-state index is 0.129. The predicted octanol–water partition coefficient (Wildman–Crippen LogP) is 2.54. The van der Waals surface area contributed by atoms with Crippen LogP contribution in [0.25, 0.3) is 0 Å². The molecule has 2 N–H and O–H groups in total. The van der Waals surface area contributed by atoms with Crippen LogP contribution in [0.15, 0.2) is 45.5 Å². The number of nitrogens with zero attached hydrogens (tertiary/aromatic N) is 1. The molecule has 0 saturated heterocycles. The molecule has 0 atom stereocenters. The van der Waals surface area contributed by atoms with Crippen LogP contribution in [0.2, 0.25) is 0 Å². The molecule has 0 aliphatic heterocycles. The van der Waals surface area contributed by atoms with Crippen molar-refractivity contribution in [3.63, 3.8) is 0 Å². The number of hydrogen-bond acceptors (Lipinski definition) is 4. The molecule has 2 aromatic rings. The molecule has 1 heterocycles. The Morgan fingerprint density at radius 1 is 1.21 bits per heavy atom. The van der Waals surface area contributed by atoms with Gasteiger partial charge < -0.3 is 15.1 Å². The second-order valence-electron chi connectivity index (χ2n) is 5.54. The van der Waals surface area contributed by atoms with Gasteiger partial charge in [0.2, 0.25) is 11.8 Å². The fourth-order valence-corrected chi connectivity index (χ4v) is 2.63. The number of amides is 2. The third-order valence-corrected chi connectivity index (χ3v) is 3.82. The summed E-state index contributed by atoms with van der Waals surface area (Å²) in [6.07, 6.45) is 1.56. The minimum Gasteiger partial charge on any atom is -0.467 e. The van der Waals surface area contributed by atoms with E-state index < -0.39 is 0 Å². The molecular formula is C17H20BrN3O3. The van der Waals surface area contributed by atoms with Crippen molar-refractivity contribution in [2.75, 3.05) is 25.5 Å². The second kappa shape index (κ2) is 8.65. The van der Waals surface area contributed by atoms with E-state index in [-0.39, 0.29) is 24.9 Å². The first-order valence-electron chi connectivity index (χ1n) is 7.47. The summed E-state index contributed by atoms with van der Waals surface area (Å²) in [5.41, 5.74) is 1.73. The zero-order valence-corrected chi connectivity index (χ0v) is 15.2. The number of nitrogens with one attached hydrogen (secondary N) is 2. The lowest BCUT2D eigenvalue weighted by atomic mass is 10.2. The van der Waals surface area contributed by atoms with Gasteiger partial charge in [0.05, 0.1) is 25.9 Å². The van der Waals surface area contributed by atoms with Gasteiger partial charge in [-0.15, -0.1) is 0 Å². The first-order valence-corrected chi connectivity index (χ1v) is 8.27. The molecular weight excluding hydrogens is 374 g/mol. The Bertz CT molecular complexity index is 701. The van der Waals surface area contributed by atoms with Crippen molar-refractivity contribution in [2.45, 2.75) is 13.5 Å². The number of benzene rings is 1. The first-order chi connectivity index (χ1) is 11.4. The lowest BCUT2D eigenvalue weighted by molar-refractivity contribution is -0.123. The van der Waals surface area contributed by atoms with Crippen LogP contribution < -0.4 is 10.6 Å². The van der Waals surface area contributed by atoms with Crippen molar-refractivity contribution in [2.24, 2.45) is 0 Å². The van der Waals surface area contributed by atoms with E-state index in [1.54, 1.807) is 30.3 Å². The molecule has 2 rings (SSSR count). The van der Waals surface area contributed by atoms with Crippen LogP contribution in [0.4, 0.5) is 5.69 Å². The average molecular weight is 394 g/mol. The van der Waals surface area contributed by atoms with Crippen molar-refractivity contribution < 1.29 is 14.0 Å². The molecule has 0 fully saturated rings. The number of anilines is 1. The van der Waals surface area contributed by atoms with Crippen LogP contribution in [0.3, 0.4) is 0 Å². The molecule has 0 aliphatic carbocycles. The summed E-state index contributed by atoms with van der Waals surface area (Å²) in [7, 11) is 1.72. The Morgan fingerprint density at radius 2 is 1.96 bits per heavy atom. The van der Waals surface area contributed by atoms with Crippen LogP contribution in [-0.2, 0) is 16.1 Å². The molecule has 2 amide bonds. The molecule has 0 radical (unpaired) electrons. The van der Waals surface area contributed by atoms with Gasteiger partial charge in [0, 0.05) is 10.2 Å². The second-order valence-corrected chi connectivity index (χ2v) is 6.45. The molecule has 1 aromatic heterocycles. The summed E-state index contributed by atoms with van der Waals surface area (Å²) < 4.78 is 6.11. The van der Waals surface area contributed by atoms with Gasteiger partial charge in [-0.2, -0.15) is 0 Å². The molecule has 1 aromatic carbocycles. The van der Waals surface area contributed by atoms with E-state index in [0.29, 0.717) is 12.3 Å².